The first-order valence-electron chi connectivity index (χ1n) is 3.74. The molecule has 1 fully saturated rings. The summed E-state index contributed by atoms with van der Waals surface area (Å²) in [6, 6.07) is 0. The highest BCUT2D eigenvalue weighted by Gasteiger charge is 2.39. The number of alkyl halides is 2. The molecule has 0 aromatic rings. The predicted molar refractivity (Wildman–Crippen MR) is 43.2 cm³/mol. The van der Waals surface area contributed by atoms with Crippen molar-refractivity contribution in [3.05, 3.63) is 0 Å². The van der Waals surface area contributed by atoms with Gasteiger partial charge in [-0.05, 0) is 12.8 Å². The fourth-order valence-corrected chi connectivity index (χ4v) is 1.51. The van der Waals surface area contributed by atoms with Crippen molar-refractivity contribution in [2.75, 3.05) is 6.54 Å². The number of halogens is 3. The Balaban J connectivity index is 0.000001000. The van der Waals surface area contributed by atoms with Gasteiger partial charge in [-0.1, -0.05) is 12.8 Å². The van der Waals surface area contributed by atoms with Crippen LogP contribution in [0.25, 0.3) is 0 Å². The van der Waals surface area contributed by atoms with Crippen molar-refractivity contribution in [3.63, 3.8) is 0 Å². The molecule has 0 saturated heterocycles. The molecule has 0 spiro atoms. The van der Waals surface area contributed by atoms with Gasteiger partial charge in [0.15, 0.2) is 0 Å². The summed E-state index contributed by atoms with van der Waals surface area (Å²) in [5.74, 6) is -3.03. The first-order chi connectivity index (χ1) is 4.67. The van der Waals surface area contributed by atoms with Crippen LogP contribution in [0.3, 0.4) is 0 Å². The van der Waals surface area contributed by atoms with E-state index in [4.69, 9.17) is 5.73 Å². The second-order valence-corrected chi connectivity index (χ2v) is 2.95. The summed E-state index contributed by atoms with van der Waals surface area (Å²) in [7, 11) is 0. The summed E-state index contributed by atoms with van der Waals surface area (Å²) in [5.41, 5.74) is 4.94. The number of hydrogen-bond donors (Lipinski definition) is 1. The van der Waals surface area contributed by atoms with E-state index in [1.165, 1.54) is 0 Å². The molecular weight excluding hydrogens is 172 g/mol. The van der Waals surface area contributed by atoms with Crippen LogP contribution >= 0.6 is 12.4 Å². The Hall–Kier alpha value is 0.110. The summed E-state index contributed by atoms with van der Waals surface area (Å²) in [4.78, 5) is 0. The summed E-state index contributed by atoms with van der Waals surface area (Å²) < 4.78 is 25.5. The third-order valence-electron chi connectivity index (χ3n) is 2.22. The molecule has 0 aliphatic heterocycles. The van der Waals surface area contributed by atoms with Crippen molar-refractivity contribution in [2.24, 2.45) is 11.7 Å². The van der Waals surface area contributed by atoms with Gasteiger partial charge in [-0.25, -0.2) is 8.78 Å². The quantitative estimate of drug-likeness (QED) is 0.702. The molecule has 0 radical (unpaired) electrons. The van der Waals surface area contributed by atoms with Crippen LogP contribution in [0, 0.1) is 5.92 Å². The molecule has 0 unspecified atom stereocenters. The van der Waals surface area contributed by atoms with Gasteiger partial charge in [-0.3, -0.25) is 0 Å². The van der Waals surface area contributed by atoms with Gasteiger partial charge < -0.3 is 5.73 Å². The molecule has 2 N–H and O–H groups in total. The lowest BCUT2D eigenvalue weighted by atomic mass is 10.0. The standard InChI is InChI=1S/C7H13F2N.ClH/c8-7(9,5-10)6-3-1-2-4-6;/h6H,1-5,10H2;1H. The molecule has 1 rings (SSSR count). The summed E-state index contributed by atoms with van der Waals surface area (Å²) >= 11 is 0. The van der Waals surface area contributed by atoms with Crippen LogP contribution in [0.5, 0.6) is 0 Å². The van der Waals surface area contributed by atoms with Crippen molar-refractivity contribution in [2.45, 2.75) is 31.6 Å². The molecule has 0 bridgehead atoms. The Morgan fingerprint density at radius 1 is 1.27 bits per heavy atom. The van der Waals surface area contributed by atoms with Gasteiger partial charge in [0.05, 0.1) is 6.54 Å². The van der Waals surface area contributed by atoms with E-state index in [2.05, 4.69) is 0 Å². The molecule has 1 aliphatic rings. The van der Waals surface area contributed by atoms with E-state index >= 15 is 0 Å². The van der Waals surface area contributed by atoms with E-state index in [9.17, 15) is 8.78 Å². The van der Waals surface area contributed by atoms with Gasteiger partial charge in [0.2, 0.25) is 0 Å². The monoisotopic (exact) mass is 185 g/mol. The molecule has 1 nitrogen and oxygen atoms in total. The second-order valence-electron chi connectivity index (χ2n) is 2.95. The van der Waals surface area contributed by atoms with Crippen LogP contribution in [0.4, 0.5) is 8.78 Å². The van der Waals surface area contributed by atoms with E-state index in [1.54, 1.807) is 0 Å². The maximum atomic E-state index is 12.7. The third-order valence-corrected chi connectivity index (χ3v) is 2.22. The largest absolute Gasteiger partial charge is 0.325 e. The van der Waals surface area contributed by atoms with Gasteiger partial charge in [-0.2, -0.15) is 0 Å². The van der Waals surface area contributed by atoms with Gasteiger partial charge in [0.1, 0.15) is 0 Å². The van der Waals surface area contributed by atoms with Crippen LogP contribution in [-0.4, -0.2) is 12.5 Å². The Morgan fingerprint density at radius 2 is 1.73 bits per heavy atom. The summed E-state index contributed by atoms with van der Waals surface area (Å²) in [6.45, 7) is -0.488. The normalized spacial score (nSPS) is 19.9. The highest BCUT2D eigenvalue weighted by atomic mass is 35.5. The maximum absolute atomic E-state index is 12.7. The maximum Gasteiger partial charge on any atom is 0.262 e. The van der Waals surface area contributed by atoms with Crippen molar-refractivity contribution >= 4 is 12.4 Å². The average Bonchev–Trinajstić information content (AvgIpc) is 2.38. The molecule has 68 valence electrons. The number of nitrogens with two attached hydrogens (primary N) is 1. The van der Waals surface area contributed by atoms with Crippen molar-refractivity contribution < 1.29 is 8.78 Å². The molecule has 0 amide bonds. The van der Waals surface area contributed by atoms with E-state index in [1.807, 2.05) is 0 Å². The zero-order valence-electron chi connectivity index (χ0n) is 6.35. The van der Waals surface area contributed by atoms with Gasteiger partial charge in [0, 0.05) is 5.92 Å². The highest BCUT2D eigenvalue weighted by molar-refractivity contribution is 5.85. The van der Waals surface area contributed by atoms with E-state index < -0.39 is 18.4 Å². The van der Waals surface area contributed by atoms with E-state index in [0.717, 1.165) is 12.8 Å². The minimum atomic E-state index is -2.60. The summed E-state index contributed by atoms with van der Waals surface area (Å²) in [6.07, 6.45) is 3.20. The Morgan fingerprint density at radius 3 is 2.09 bits per heavy atom. The smallest absolute Gasteiger partial charge is 0.262 e. The molecule has 0 aromatic carbocycles. The zero-order valence-corrected chi connectivity index (χ0v) is 7.17. The Bertz CT molecular complexity index is 113. The van der Waals surface area contributed by atoms with E-state index in [-0.39, 0.29) is 12.4 Å². The number of rotatable bonds is 2. The SMILES string of the molecule is Cl.NCC(F)(F)C1CCCC1. The third kappa shape index (κ3) is 2.56. The molecule has 4 heteroatoms. The molecule has 1 saturated carbocycles. The fraction of sp³-hybridized carbons (Fsp3) is 1.00. The summed E-state index contributed by atoms with van der Waals surface area (Å²) in [5, 5.41) is 0. The van der Waals surface area contributed by atoms with Crippen LogP contribution in [-0.2, 0) is 0 Å². The van der Waals surface area contributed by atoms with Crippen LogP contribution < -0.4 is 5.73 Å². The zero-order chi connectivity index (χ0) is 7.61. The van der Waals surface area contributed by atoms with Crippen LogP contribution in [0.1, 0.15) is 25.7 Å². The molecule has 0 atom stereocenters. The predicted octanol–water partition coefficient (Wildman–Crippen LogP) is 2.19. The van der Waals surface area contributed by atoms with Gasteiger partial charge in [-0.15, -0.1) is 12.4 Å². The van der Waals surface area contributed by atoms with Gasteiger partial charge >= 0.3 is 0 Å². The van der Waals surface area contributed by atoms with Crippen molar-refractivity contribution in [3.8, 4) is 0 Å². The minimum absolute atomic E-state index is 0. The molecule has 0 heterocycles. The first kappa shape index (κ1) is 11.1. The lowest BCUT2D eigenvalue weighted by molar-refractivity contribution is -0.0461. The molecule has 0 aromatic heterocycles. The first-order valence-corrected chi connectivity index (χ1v) is 3.74. The minimum Gasteiger partial charge on any atom is -0.325 e. The van der Waals surface area contributed by atoms with Crippen molar-refractivity contribution in [1.29, 1.82) is 0 Å². The number of hydrogen-bond acceptors (Lipinski definition) is 1. The second kappa shape index (κ2) is 4.21. The Kier molecular flexibility index (Phi) is 4.26. The molecule has 1 aliphatic carbocycles. The van der Waals surface area contributed by atoms with E-state index in [0.29, 0.717) is 12.8 Å². The van der Waals surface area contributed by atoms with Crippen molar-refractivity contribution in [1.82, 2.24) is 0 Å². The van der Waals surface area contributed by atoms with Gasteiger partial charge in [0.25, 0.3) is 5.92 Å². The van der Waals surface area contributed by atoms with Crippen LogP contribution in [0.15, 0.2) is 0 Å². The molecule has 11 heavy (non-hydrogen) atoms. The Labute approximate surface area is 71.7 Å². The lowest BCUT2D eigenvalue weighted by Crippen LogP contribution is -2.34. The van der Waals surface area contributed by atoms with Crippen LogP contribution in [0.2, 0.25) is 0 Å². The highest BCUT2D eigenvalue weighted by Crippen LogP contribution is 2.36. The molecular formula is C7H14ClF2N. The average molecular weight is 186 g/mol. The topological polar surface area (TPSA) is 26.0 Å². The fourth-order valence-electron chi connectivity index (χ4n) is 1.51. The lowest BCUT2D eigenvalue weighted by Gasteiger charge is -2.20.